The van der Waals surface area contributed by atoms with Crippen molar-refractivity contribution >= 4 is 15.7 Å². The first-order valence-electron chi connectivity index (χ1n) is 6.34. The molecule has 1 heterocycles. The molecule has 1 fully saturated rings. The van der Waals surface area contributed by atoms with E-state index in [0.29, 0.717) is 18.8 Å². The van der Waals surface area contributed by atoms with Crippen molar-refractivity contribution in [2.75, 3.05) is 25.9 Å². The Labute approximate surface area is 114 Å². The molecule has 0 bridgehead atoms. The Kier molecular flexibility index (Phi) is 4.13. The van der Waals surface area contributed by atoms with Gasteiger partial charge in [0.05, 0.1) is 11.8 Å². The number of piperidine rings is 1. The maximum absolute atomic E-state index is 12.5. The van der Waals surface area contributed by atoms with E-state index in [-0.39, 0.29) is 11.0 Å². The molecule has 1 aromatic carbocycles. The van der Waals surface area contributed by atoms with Crippen molar-refractivity contribution < 1.29 is 13.2 Å². The highest BCUT2D eigenvalue weighted by Crippen LogP contribution is 2.26. The Morgan fingerprint density at radius 3 is 2.47 bits per heavy atom. The van der Waals surface area contributed by atoms with Gasteiger partial charge in [-0.05, 0) is 37.5 Å². The number of nitrogens with zero attached hydrogens (tertiary/aromatic N) is 1. The van der Waals surface area contributed by atoms with Crippen molar-refractivity contribution in [2.24, 2.45) is 0 Å². The fraction of sp³-hybridized carbons (Fsp3) is 0.538. The molecule has 0 aromatic heterocycles. The zero-order valence-corrected chi connectivity index (χ0v) is 12.1. The summed E-state index contributed by atoms with van der Waals surface area (Å²) in [4.78, 5) is 0.203. The molecule has 0 saturated carbocycles. The van der Waals surface area contributed by atoms with Gasteiger partial charge >= 0.3 is 0 Å². The summed E-state index contributed by atoms with van der Waals surface area (Å²) in [7, 11) is -1.83. The van der Waals surface area contributed by atoms with Crippen molar-refractivity contribution in [3.8, 4) is 0 Å². The van der Waals surface area contributed by atoms with Crippen LogP contribution in [0.4, 0.5) is 5.69 Å². The number of anilines is 1. The number of ether oxygens (including phenoxy) is 1. The van der Waals surface area contributed by atoms with Crippen LogP contribution in [0.5, 0.6) is 0 Å². The van der Waals surface area contributed by atoms with Crippen molar-refractivity contribution in [1.82, 2.24) is 4.31 Å². The summed E-state index contributed by atoms with van der Waals surface area (Å²) in [6.45, 7) is 2.85. The molecule has 5 nitrogen and oxygen atoms in total. The minimum absolute atomic E-state index is 0.154. The van der Waals surface area contributed by atoms with Gasteiger partial charge in [-0.3, -0.25) is 0 Å². The first-order valence-corrected chi connectivity index (χ1v) is 7.78. The number of benzene rings is 1. The topological polar surface area (TPSA) is 72.6 Å². The molecule has 1 aliphatic heterocycles. The summed E-state index contributed by atoms with van der Waals surface area (Å²) < 4.78 is 31.8. The third-order valence-electron chi connectivity index (χ3n) is 3.52. The molecule has 1 aromatic rings. The van der Waals surface area contributed by atoms with Crippen LogP contribution in [0.2, 0.25) is 0 Å². The second-order valence-electron chi connectivity index (χ2n) is 4.88. The zero-order chi connectivity index (χ0) is 14.0. The van der Waals surface area contributed by atoms with Crippen molar-refractivity contribution in [3.63, 3.8) is 0 Å². The predicted octanol–water partition coefficient (Wildman–Crippen LogP) is 1.38. The van der Waals surface area contributed by atoms with E-state index in [1.54, 1.807) is 25.3 Å². The normalized spacial score (nSPS) is 18.6. The van der Waals surface area contributed by atoms with Gasteiger partial charge in [-0.25, -0.2) is 8.42 Å². The van der Waals surface area contributed by atoms with Crippen LogP contribution in [-0.4, -0.2) is 39.0 Å². The van der Waals surface area contributed by atoms with Gasteiger partial charge in [0.15, 0.2) is 0 Å². The molecule has 0 radical (unpaired) electrons. The number of hydrogen-bond donors (Lipinski definition) is 1. The fourth-order valence-corrected chi connectivity index (χ4v) is 3.92. The molecule has 19 heavy (non-hydrogen) atoms. The molecule has 0 atom stereocenters. The molecule has 106 valence electrons. The summed E-state index contributed by atoms with van der Waals surface area (Å²) in [5.41, 5.74) is 7.10. The molecule has 2 N–H and O–H groups in total. The standard InChI is InChI=1S/C13H20N2O3S/c1-10-3-4-13(12(14)9-10)19(16,17)15-7-5-11(18-2)6-8-15/h3-4,9,11H,5-8,14H2,1-2H3. The van der Waals surface area contributed by atoms with E-state index in [4.69, 9.17) is 10.5 Å². The van der Waals surface area contributed by atoms with Crippen molar-refractivity contribution in [2.45, 2.75) is 30.8 Å². The summed E-state index contributed by atoms with van der Waals surface area (Å²) >= 11 is 0. The van der Waals surface area contributed by atoms with Gasteiger partial charge in [-0.2, -0.15) is 4.31 Å². The van der Waals surface area contributed by atoms with Crippen LogP contribution in [0.1, 0.15) is 18.4 Å². The predicted molar refractivity (Wildman–Crippen MR) is 74.4 cm³/mol. The number of nitrogens with two attached hydrogens (primary N) is 1. The Morgan fingerprint density at radius 1 is 1.32 bits per heavy atom. The molecule has 1 saturated heterocycles. The molecule has 0 unspecified atom stereocenters. The van der Waals surface area contributed by atoms with Crippen molar-refractivity contribution in [1.29, 1.82) is 0 Å². The highest BCUT2D eigenvalue weighted by molar-refractivity contribution is 7.89. The minimum atomic E-state index is -3.49. The van der Waals surface area contributed by atoms with E-state index in [1.807, 2.05) is 6.92 Å². The first-order chi connectivity index (χ1) is 8.95. The third kappa shape index (κ3) is 2.91. The molecule has 2 rings (SSSR count). The Balaban J connectivity index is 2.23. The fourth-order valence-electron chi connectivity index (χ4n) is 2.35. The van der Waals surface area contributed by atoms with Gasteiger partial charge in [0.2, 0.25) is 10.0 Å². The van der Waals surface area contributed by atoms with Crippen LogP contribution in [0.25, 0.3) is 0 Å². The quantitative estimate of drug-likeness (QED) is 0.851. The van der Waals surface area contributed by atoms with Crippen LogP contribution >= 0.6 is 0 Å². The molecular weight excluding hydrogens is 264 g/mol. The Bertz CT molecular complexity index is 549. The maximum Gasteiger partial charge on any atom is 0.245 e. The van der Waals surface area contributed by atoms with E-state index in [9.17, 15) is 8.42 Å². The van der Waals surface area contributed by atoms with Crippen LogP contribution in [0.15, 0.2) is 23.1 Å². The van der Waals surface area contributed by atoms with E-state index in [0.717, 1.165) is 18.4 Å². The van der Waals surface area contributed by atoms with Gasteiger partial charge in [-0.1, -0.05) is 6.07 Å². The maximum atomic E-state index is 12.5. The van der Waals surface area contributed by atoms with E-state index in [1.165, 1.54) is 4.31 Å². The highest BCUT2D eigenvalue weighted by atomic mass is 32.2. The van der Waals surface area contributed by atoms with E-state index < -0.39 is 10.0 Å². The largest absolute Gasteiger partial charge is 0.398 e. The average molecular weight is 284 g/mol. The highest BCUT2D eigenvalue weighted by Gasteiger charge is 2.30. The lowest BCUT2D eigenvalue weighted by atomic mass is 10.1. The monoisotopic (exact) mass is 284 g/mol. The number of nitrogen functional groups attached to an aromatic ring is 1. The lowest BCUT2D eigenvalue weighted by Gasteiger charge is -2.30. The van der Waals surface area contributed by atoms with Gasteiger partial charge < -0.3 is 10.5 Å². The van der Waals surface area contributed by atoms with Gasteiger partial charge in [0.1, 0.15) is 4.90 Å². The molecule has 1 aliphatic rings. The summed E-state index contributed by atoms with van der Waals surface area (Å²) in [5, 5.41) is 0. The van der Waals surface area contributed by atoms with E-state index >= 15 is 0 Å². The number of rotatable bonds is 3. The van der Waals surface area contributed by atoms with Gasteiger partial charge in [-0.15, -0.1) is 0 Å². The Hall–Kier alpha value is -1.11. The van der Waals surface area contributed by atoms with Gasteiger partial charge in [0.25, 0.3) is 0 Å². The van der Waals surface area contributed by atoms with E-state index in [2.05, 4.69) is 0 Å². The summed E-state index contributed by atoms with van der Waals surface area (Å²) in [6.07, 6.45) is 1.60. The van der Waals surface area contributed by atoms with Gasteiger partial charge in [0, 0.05) is 20.2 Å². The molecule has 0 aliphatic carbocycles. The zero-order valence-electron chi connectivity index (χ0n) is 11.3. The van der Waals surface area contributed by atoms with Crippen LogP contribution in [0, 0.1) is 6.92 Å². The summed E-state index contributed by atoms with van der Waals surface area (Å²) in [5.74, 6) is 0. The number of aryl methyl sites for hydroxylation is 1. The Morgan fingerprint density at radius 2 is 1.95 bits per heavy atom. The second-order valence-corrected chi connectivity index (χ2v) is 6.79. The van der Waals surface area contributed by atoms with Crippen molar-refractivity contribution in [3.05, 3.63) is 23.8 Å². The molecule has 6 heteroatoms. The number of methoxy groups -OCH3 is 1. The average Bonchev–Trinajstić information content (AvgIpc) is 2.38. The summed E-state index contributed by atoms with van der Waals surface area (Å²) in [6, 6.07) is 5.04. The lowest BCUT2D eigenvalue weighted by Crippen LogP contribution is -2.40. The number of hydrogen-bond acceptors (Lipinski definition) is 4. The van der Waals surface area contributed by atoms with Crippen LogP contribution < -0.4 is 5.73 Å². The SMILES string of the molecule is COC1CCN(S(=O)(=O)c2ccc(C)cc2N)CC1. The minimum Gasteiger partial charge on any atom is -0.398 e. The molecule has 0 amide bonds. The lowest BCUT2D eigenvalue weighted by molar-refractivity contribution is 0.0604. The van der Waals surface area contributed by atoms with Crippen LogP contribution in [0.3, 0.4) is 0 Å². The smallest absolute Gasteiger partial charge is 0.245 e. The molecular formula is C13H20N2O3S. The second kappa shape index (κ2) is 5.48. The number of sulfonamides is 1. The molecule has 0 spiro atoms. The first kappa shape index (κ1) is 14.3. The third-order valence-corrected chi connectivity index (χ3v) is 5.49. The van der Waals surface area contributed by atoms with Crippen LogP contribution in [-0.2, 0) is 14.8 Å².